The number of carbonyl (C=O) groups is 2. The Bertz CT molecular complexity index is 1270. The van der Waals surface area contributed by atoms with Crippen LogP contribution in [0.15, 0.2) is 79.3 Å². The number of hydrogen-bond donors (Lipinski definition) is 0. The van der Waals surface area contributed by atoms with Crippen LogP contribution in [-0.2, 0) is 17.9 Å². The molecule has 0 spiro atoms. The number of imide groups is 1. The van der Waals surface area contributed by atoms with Crippen molar-refractivity contribution in [1.29, 1.82) is 0 Å². The number of benzene rings is 3. The molecule has 1 aliphatic rings. The summed E-state index contributed by atoms with van der Waals surface area (Å²) in [5, 5.41) is 1.99. The maximum absolute atomic E-state index is 13.2. The summed E-state index contributed by atoms with van der Waals surface area (Å²) in [7, 11) is 0. The number of fused-ring (bicyclic) bond motifs is 1. The van der Waals surface area contributed by atoms with Gasteiger partial charge in [-0.2, -0.15) is 0 Å². The Morgan fingerprint density at radius 2 is 1.68 bits per heavy atom. The molecule has 1 fully saturated rings. The summed E-state index contributed by atoms with van der Waals surface area (Å²) in [6.07, 6.45) is 3.46. The van der Waals surface area contributed by atoms with E-state index in [0.29, 0.717) is 6.54 Å². The van der Waals surface area contributed by atoms with Gasteiger partial charge in [-0.15, -0.1) is 0 Å². The molecule has 6 heteroatoms. The van der Waals surface area contributed by atoms with E-state index in [1.54, 1.807) is 17.4 Å². The van der Waals surface area contributed by atoms with Crippen molar-refractivity contribution < 1.29 is 9.59 Å². The third-order valence-electron chi connectivity index (χ3n) is 5.71. The normalized spacial score (nSPS) is 14.1. The minimum absolute atomic E-state index is 0.0406. The highest BCUT2D eigenvalue weighted by molar-refractivity contribution is 6.15. The van der Waals surface area contributed by atoms with Crippen LogP contribution in [-0.4, -0.2) is 32.9 Å². The molecule has 0 unspecified atom stereocenters. The predicted molar refractivity (Wildman–Crippen MR) is 120 cm³/mol. The molecular formula is C25H22N4O2. The third-order valence-corrected chi connectivity index (χ3v) is 5.71. The highest BCUT2D eigenvalue weighted by Gasteiger charge is 2.37. The van der Waals surface area contributed by atoms with Crippen molar-refractivity contribution >= 4 is 28.4 Å². The van der Waals surface area contributed by atoms with Gasteiger partial charge in [-0.25, -0.2) is 9.78 Å². The minimum Gasteiger partial charge on any atom is -0.328 e. The first-order chi connectivity index (χ1) is 15.1. The number of aryl methyl sites for hydroxylation is 1. The van der Waals surface area contributed by atoms with Crippen molar-refractivity contribution in [3.05, 3.63) is 96.1 Å². The highest BCUT2D eigenvalue weighted by Crippen LogP contribution is 2.30. The highest BCUT2D eigenvalue weighted by atomic mass is 16.2. The molecule has 0 atom stereocenters. The van der Waals surface area contributed by atoms with Gasteiger partial charge in [-0.3, -0.25) is 14.6 Å². The van der Waals surface area contributed by atoms with Gasteiger partial charge in [-0.05, 0) is 23.9 Å². The van der Waals surface area contributed by atoms with E-state index in [0.717, 1.165) is 27.7 Å². The summed E-state index contributed by atoms with van der Waals surface area (Å²) in [5.74, 6) is -0.207. The van der Waals surface area contributed by atoms with E-state index >= 15 is 0 Å². The van der Waals surface area contributed by atoms with Crippen LogP contribution in [0.2, 0.25) is 0 Å². The first-order valence-electron chi connectivity index (χ1n) is 10.2. The number of anilines is 1. The molecule has 154 valence electrons. The van der Waals surface area contributed by atoms with Gasteiger partial charge in [0.1, 0.15) is 6.54 Å². The SMILES string of the molecule is Cc1ccc(Cn2cncc2CN2C(=O)CN(c3cccc4ccccc34)C2=O)cc1. The van der Waals surface area contributed by atoms with Gasteiger partial charge < -0.3 is 4.57 Å². The van der Waals surface area contributed by atoms with Gasteiger partial charge in [-0.1, -0.05) is 66.2 Å². The van der Waals surface area contributed by atoms with Gasteiger partial charge in [0, 0.05) is 18.1 Å². The van der Waals surface area contributed by atoms with Crippen LogP contribution in [0, 0.1) is 6.92 Å². The van der Waals surface area contributed by atoms with Crippen LogP contribution in [0.5, 0.6) is 0 Å². The molecule has 4 aromatic rings. The van der Waals surface area contributed by atoms with Gasteiger partial charge >= 0.3 is 6.03 Å². The number of urea groups is 1. The average Bonchev–Trinajstić information content (AvgIpc) is 3.34. The number of nitrogens with zero attached hydrogens (tertiary/aromatic N) is 4. The molecule has 5 rings (SSSR count). The molecule has 3 amide bonds. The Morgan fingerprint density at radius 3 is 2.52 bits per heavy atom. The van der Waals surface area contributed by atoms with E-state index in [1.165, 1.54) is 10.5 Å². The van der Waals surface area contributed by atoms with Crippen LogP contribution in [0.3, 0.4) is 0 Å². The minimum atomic E-state index is -0.301. The zero-order chi connectivity index (χ0) is 21.4. The molecule has 1 aromatic heterocycles. The number of amides is 3. The van der Waals surface area contributed by atoms with Crippen molar-refractivity contribution in [2.24, 2.45) is 0 Å². The summed E-state index contributed by atoms with van der Waals surface area (Å²) >= 11 is 0. The summed E-state index contributed by atoms with van der Waals surface area (Å²) in [6.45, 7) is 2.93. The Labute approximate surface area is 180 Å². The molecule has 0 saturated carbocycles. The molecule has 3 aromatic carbocycles. The van der Waals surface area contributed by atoms with E-state index in [-0.39, 0.29) is 25.0 Å². The molecule has 1 saturated heterocycles. The van der Waals surface area contributed by atoms with Crippen LogP contribution in [0.25, 0.3) is 10.8 Å². The quantitative estimate of drug-likeness (QED) is 0.459. The second-order valence-electron chi connectivity index (χ2n) is 7.85. The molecule has 0 N–H and O–H groups in total. The Morgan fingerprint density at radius 1 is 0.903 bits per heavy atom. The zero-order valence-corrected chi connectivity index (χ0v) is 17.2. The number of hydrogen-bond acceptors (Lipinski definition) is 3. The second kappa shape index (κ2) is 7.72. The molecule has 31 heavy (non-hydrogen) atoms. The van der Waals surface area contributed by atoms with E-state index in [1.807, 2.05) is 47.0 Å². The Hall–Kier alpha value is -3.93. The van der Waals surface area contributed by atoms with Crippen molar-refractivity contribution in [1.82, 2.24) is 14.5 Å². The number of imidazole rings is 1. The maximum atomic E-state index is 13.2. The molecule has 6 nitrogen and oxygen atoms in total. The average molecular weight is 410 g/mol. The Balaban J connectivity index is 1.39. The summed E-state index contributed by atoms with van der Waals surface area (Å²) in [4.78, 5) is 33.1. The van der Waals surface area contributed by atoms with Gasteiger partial charge in [0.15, 0.2) is 0 Å². The summed E-state index contributed by atoms with van der Waals surface area (Å²) in [5.41, 5.74) is 3.92. The number of carbonyl (C=O) groups excluding carboxylic acids is 2. The fraction of sp³-hybridized carbons (Fsp3) is 0.160. The topological polar surface area (TPSA) is 58.4 Å². The smallest absolute Gasteiger partial charge is 0.328 e. The van der Waals surface area contributed by atoms with E-state index in [2.05, 4.69) is 36.2 Å². The van der Waals surface area contributed by atoms with Crippen LogP contribution in [0.1, 0.15) is 16.8 Å². The van der Waals surface area contributed by atoms with Crippen molar-refractivity contribution in [2.45, 2.75) is 20.0 Å². The molecule has 2 heterocycles. The fourth-order valence-corrected chi connectivity index (χ4v) is 4.00. The fourth-order valence-electron chi connectivity index (χ4n) is 4.00. The third kappa shape index (κ3) is 3.57. The first kappa shape index (κ1) is 19.1. The first-order valence-corrected chi connectivity index (χ1v) is 10.2. The maximum Gasteiger partial charge on any atom is 0.332 e. The second-order valence-corrected chi connectivity index (χ2v) is 7.85. The molecular weight excluding hydrogens is 388 g/mol. The van der Waals surface area contributed by atoms with E-state index in [9.17, 15) is 9.59 Å². The lowest BCUT2D eigenvalue weighted by atomic mass is 10.1. The lowest BCUT2D eigenvalue weighted by Gasteiger charge is -2.19. The van der Waals surface area contributed by atoms with E-state index < -0.39 is 0 Å². The van der Waals surface area contributed by atoms with Crippen LogP contribution >= 0.6 is 0 Å². The summed E-state index contributed by atoms with van der Waals surface area (Å²) < 4.78 is 1.98. The monoisotopic (exact) mass is 410 g/mol. The lowest BCUT2D eigenvalue weighted by Crippen LogP contribution is -2.33. The molecule has 0 aliphatic carbocycles. The Kier molecular flexibility index (Phi) is 4.75. The predicted octanol–water partition coefficient (Wildman–Crippen LogP) is 4.36. The lowest BCUT2D eigenvalue weighted by molar-refractivity contribution is -0.125. The largest absolute Gasteiger partial charge is 0.332 e. The van der Waals surface area contributed by atoms with Crippen LogP contribution in [0.4, 0.5) is 10.5 Å². The van der Waals surface area contributed by atoms with Crippen molar-refractivity contribution in [2.75, 3.05) is 11.4 Å². The van der Waals surface area contributed by atoms with Crippen molar-refractivity contribution in [3.63, 3.8) is 0 Å². The van der Waals surface area contributed by atoms with Crippen molar-refractivity contribution in [3.8, 4) is 0 Å². The van der Waals surface area contributed by atoms with Gasteiger partial charge in [0.05, 0.1) is 24.3 Å². The standard InChI is InChI=1S/C25H22N4O2/c1-18-9-11-19(12-10-18)14-27-17-26-13-21(27)15-29-24(30)16-28(25(29)31)23-8-4-6-20-5-2-3-7-22(20)23/h2-13,17H,14-16H2,1H3. The number of aromatic nitrogens is 2. The van der Waals surface area contributed by atoms with E-state index in [4.69, 9.17) is 0 Å². The van der Waals surface area contributed by atoms with Crippen LogP contribution < -0.4 is 4.90 Å². The molecule has 0 radical (unpaired) electrons. The van der Waals surface area contributed by atoms with Gasteiger partial charge in [0.2, 0.25) is 0 Å². The molecule has 0 bridgehead atoms. The number of rotatable bonds is 5. The van der Waals surface area contributed by atoms with Gasteiger partial charge in [0.25, 0.3) is 5.91 Å². The molecule has 1 aliphatic heterocycles. The zero-order valence-electron chi connectivity index (χ0n) is 17.2. The summed E-state index contributed by atoms with van der Waals surface area (Å²) in [6, 6.07) is 21.7.